The van der Waals surface area contributed by atoms with Gasteiger partial charge in [0.1, 0.15) is 0 Å². The molecule has 0 saturated heterocycles. The van der Waals surface area contributed by atoms with Crippen LogP contribution in [0.3, 0.4) is 0 Å². The largest absolute Gasteiger partial charge is 0.319 e. The van der Waals surface area contributed by atoms with Crippen LogP contribution < -0.4 is 10.0 Å². The summed E-state index contributed by atoms with van der Waals surface area (Å²) in [4.78, 5) is 0.269. The molecule has 0 unspecified atom stereocenters. The summed E-state index contributed by atoms with van der Waals surface area (Å²) in [6.45, 7) is 5.14. The Labute approximate surface area is 117 Å². The molecule has 0 aromatic heterocycles. The second kappa shape index (κ2) is 6.14. The highest BCUT2D eigenvalue weighted by Crippen LogP contribution is 2.21. The van der Waals surface area contributed by atoms with Crippen LogP contribution >= 0.6 is 15.9 Å². The van der Waals surface area contributed by atoms with Crippen LogP contribution in [0.25, 0.3) is 0 Å². The maximum atomic E-state index is 12.1. The number of hydrogen-bond donors (Lipinski definition) is 2. The van der Waals surface area contributed by atoms with E-state index in [0.29, 0.717) is 11.0 Å². The Kier molecular flexibility index (Phi) is 5.33. The molecule has 6 heteroatoms. The van der Waals surface area contributed by atoms with Crippen molar-refractivity contribution in [3.63, 3.8) is 0 Å². The molecule has 102 valence electrons. The van der Waals surface area contributed by atoms with Crippen molar-refractivity contribution >= 4 is 26.0 Å². The highest BCUT2D eigenvalue weighted by Gasteiger charge is 2.22. The summed E-state index contributed by atoms with van der Waals surface area (Å²) in [5.41, 5.74) is -0.136. The molecule has 0 aliphatic carbocycles. The predicted octanol–water partition coefficient (Wildman–Crippen LogP) is 1.97. The summed E-state index contributed by atoms with van der Waals surface area (Å²) in [5.74, 6) is 0. The molecule has 0 spiro atoms. The van der Waals surface area contributed by atoms with Crippen molar-refractivity contribution < 1.29 is 8.42 Å². The quantitative estimate of drug-likeness (QED) is 0.836. The van der Waals surface area contributed by atoms with Gasteiger partial charge in [0, 0.05) is 17.6 Å². The van der Waals surface area contributed by atoms with Crippen LogP contribution in [0.2, 0.25) is 0 Å². The summed E-state index contributed by atoms with van der Waals surface area (Å²) < 4.78 is 27.5. The van der Waals surface area contributed by atoms with Crippen LogP contribution in [0.4, 0.5) is 0 Å². The standard InChI is InChI=1S/C12H19BrN2O2S/c1-12(2,8-14-3)9-15-18(16,17)11-7-5-4-6-10(11)13/h4-7,14-15H,8-9H2,1-3H3. The molecule has 1 rings (SSSR count). The molecular weight excluding hydrogens is 316 g/mol. The zero-order valence-electron chi connectivity index (χ0n) is 10.8. The molecule has 1 aromatic rings. The van der Waals surface area contributed by atoms with Crippen LogP contribution in [-0.2, 0) is 10.0 Å². The number of halogens is 1. The summed E-state index contributed by atoms with van der Waals surface area (Å²) in [7, 11) is -1.62. The van der Waals surface area contributed by atoms with E-state index in [1.807, 2.05) is 20.9 Å². The van der Waals surface area contributed by atoms with Crippen molar-refractivity contribution in [1.82, 2.24) is 10.0 Å². The van der Waals surface area contributed by atoms with E-state index in [1.54, 1.807) is 24.3 Å². The Morgan fingerprint density at radius 2 is 1.83 bits per heavy atom. The number of benzene rings is 1. The first-order valence-corrected chi connectivity index (χ1v) is 7.95. The number of nitrogens with one attached hydrogen (secondary N) is 2. The molecule has 0 fully saturated rings. The van der Waals surface area contributed by atoms with Gasteiger partial charge in [0.05, 0.1) is 4.90 Å². The molecule has 0 heterocycles. The SMILES string of the molecule is CNCC(C)(C)CNS(=O)(=O)c1ccccc1Br. The molecular formula is C12H19BrN2O2S. The van der Waals surface area contributed by atoms with Gasteiger partial charge in [-0.2, -0.15) is 0 Å². The molecule has 0 atom stereocenters. The average Bonchev–Trinajstić information content (AvgIpc) is 2.27. The third-order valence-electron chi connectivity index (χ3n) is 2.52. The lowest BCUT2D eigenvalue weighted by Gasteiger charge is -2.24. The van der Waals surface area contributed by atoms with Crippen LogP contribution in [0.5, 0.6) is 0 Å². The zero-order valence-corrected chi connectivity index (χ0v) is 13.2. The lowest BCUT2D eigenvalue weighted by atomic mass is 9.94. The minimum atomic E-state index is -3.47. The first-order valence-electron chi connectivity index (χ1n) is 5.67. The Balaban J connectivity index is 2.81. The number of rotatable bonds is 6. The van der Waals surface area contributed by atoms with E-state index in [9.17, 15) is 8.42 Å². The smallest absolute Gasteiger partial charge is 0.241 e. The summed E-state index contributed by atoms with van der Waals surface area (Å²) in [6, 6.07) is 6.79. The fourth-order valence-corrected chi connectivity index (χ4v) is 3.81. The molecule has 0 bridgehead atoms. The second-order valence-corrected chi connectivity index (χ2v) is 7.54. The van der Waals surface area contributed by atoms with Crippen molar-refractivity contribution in [2.24, 2.45) is 5.41 Å². The topological polar surface area (TPSA) is 58.2 Å². The van der Waals surface area contributed by atoms with E-state index in [1.165, 1.54) is 0 Å². The van der Waals surface area contributed by atoms with E-state index < -0.39 is 10.0 Å². The van der Waals surface area contributed by atoms with Gasteiger partial charge in [0.15, 0.2) is 0 Å². The Bertz CT molecular complexity index is 501. The van der Waals surface area contributed by atoms with Crippen LogP contribution in [-0.4, -0.2) is 28.6 Å². The van der Waals surface area contributed by atoms with E-state index in [4.69, 9.17) is 0 Å². The van der Waals surface area contributed by atoms with Gasteiger partial charge in [0.25, 0.3) is 0 Å². The summed E-state index contributed by atoms with van der Waals surface area (Å²) >= 11 is 3.25. The fourth-order valence-electron chi connectivity index (χ4n) is 1.57. The van der Waals surface area contributed by atoms with E-state index >= 15 is 0 Å². The van der Waals surface area contributed by atoms with Crippen molar-refractivity contribution in [3.8, 4) is 0 Å². The minimum absolute atomic E-state index is 0.136. The van der Waals surface area contributed by atoms with Crippen molar-refractivity contribution in [2.45, 2.75) is 18.7 Å². The lowest BCUT2D eigenvalue weighted by Crippen LogP contribution is -2.39. The number of hydrogen-bond acceptors (Lipinski definition) is 3. The van der Waals surface area contributed by atoms with Crippen LogP contribution in [0.15, 0.2) is 33.6 Å². The molecule has 0 aliphatic rings. The van der Waals surface area contributed by atoms with Gasteiger partial charge in [-0.1, -0.05) is 26.0 Å². The van der Waals surface area contributed by atoms with Gasteiger partial charge in [0.2, 0.25) is 10.0 Å². The Morgan fingerprint density at radius 3 is 2.39 bits per heavy atom. The number of sulfonamides is 1. The van der Waals surface area contributed by atoms with Gasteiger partial charge >= 0.3 is 0 Å². The van der Waals surface area contributed by atoms with Crippen molar-refractivity contribution in [3.05, 3.63) is 28.7 Å². The molecule has 0 amide bonds. The van der Waals surface area contributed by atoms with Crippen LogP contribution in [0.1, 0.15) is 13.8 Å². The van der Waals surface area contributed by atoms with E-state index in [2.05, 4.69) is 26.0 Å². The van der Waals surface area contributed by atoms with Gasteiger partial charge < -0.3 is 5.32 Å². The first-order chi connectivity index (χ1) is 8.28. The average molecular weight is 335 g/mol. The van der Waals surface area contributed by atoms with Crippen LogP contribution in [0, 0.1) is 5.41 Å². The maximum Gasteiger partial charge on any atom is 0.241 e. The summed E-state index contributed by atoms with van der Waals surface area (Å²) in [6.07, 6.45) is 0. The minimum Gasteiger partial charge on any atom is -0.319 e. The zero-order chi connectivity index (χ0) is 13.8. The molecule has 18 heavy (non-hydrogen) atoms. The molecule has 0 aliphatic heterocycles. The Hall–Kier alpha value is -0.430. The third-order valence-corrected chi connectivity index (χ3v) is 4.94. The summed E-state index contributed by atoms with van der Waals surface area (Å²) in [5, 5.41) is 3.05. The Morgan fingerprint density at radius 1 is 1.22 bits per heavy atom. The molecule has 0 saturated carbocycles. The van der Waals surface area contributed by atoms with E-state index in [-0.39, 0.29) is 10.3 Å². The molecule has 1 aromatic carbocycles. The molecule has 4 nitrogen and oxygen atoms in total. The lowest BCUT2D eigenvalue weighted by molar-refractivity contribution is 0.350. The highest BCUT2D eigenvalue weighted by molar-refractivity contribution is 9.10. The van der Waals surface area contributed by atoms with Crippen molar-refractivity contribution in [1.29, 1.82) is 0 Å². The highest BCUT2D eigenvalue weighted by atomic mass is 79.9. The predicted molar refractivity (Wildman–Crippen MR) is 77.0 cm³/mol. The monoisotopic (exact) mass is 334 g/mol. The van der Waals surface area contributed by atoms with Gasteiger partial charge in [-0.3, -0.25) is 0 Å². The van der Waals surface area contributed by atoms with Gasteiger partial charge in [-0.25, -0.2) is 13.1 Å². The van der Waals surface area contributed by atoms with E-state index in [0.717, 1.165) is 6.54 Å². The van der Waals surface area contributed by atoms with Gasteiger partial charge in [-0.05, 0) is 40.5 Å². The fraction of sp³-hybridized carbons (Fsp3) is 0.500. The third kappa shape index (κ3) is 4.35. The van der Waals surface area contributed by atoms with Crippen molar-refractivity contribution in [2.75, 3.05) is 20.1 Å². The molecule has 0 radical (unpaired) electrons. The first kappa shape index (κ1) is 15.6. The molecule has 2 N–H and O–H groups in total. The normalized spacial score (nSPS) is 12.7. The second-order valence-electron chi connectivity index (χ2n) is 4.95. The maximum absolute atomic E-state index is 12.1. The van der Waals surface area contributed by atoms with Gasteiger partial charge in [-0.15, -0.1) is 0 Å².